The average molecular weight is 391 g/mol. The maximum atomic E-state index is 12.0. The smallest absolute Gasteiger partial charge is 0.136 e. The van der Waals surface area contributed by atoms with Crippen LogP contribution in [0.15, 0.2) is 67.3 Å². The molecule has 0 amide bonds. The van der Waals surface area contributed by atoms with E-state index in [1.807, 2.05) is 6.08 Å². The van der Waals surface area contributed by atoms with E-state index in [1.54, 1.807) is 0 Å². The molecule has 0 radical (unpaired) electrons. The molecular formula is C26H34N2O. The number of nitrogens with zero attached hydrogens (tertiary/aromatic N) is 2. The second-order valence-electron chi connectivity index (χ2n) is 8.82. The molecule has 1 saturated heterocycles. The van der Waals surface area contributed by atoms with Gasteiger partial charge >= 0.3 is 0 Å². The van der Waals surface area contributed by atoms with Crippen LogP contribution in [0.3, 0.4) is 0 Å². The van der Waals surface area contributed by atoms with E-state index in [9.17, 15) is 5.11 Å². The minimum atomic E-state index is -0.807. The van der Waals surface area contributed by atoms with Crippen molar-refractivity contribution in [1.82, 2.24) is 4.90 Å². The second-order valence-corrected chi connectivity index (χ2v) is 8.82. The molecule has 2 heterocycles. The zero-order valence-electron chi connectivity index (χ0n) is 17.6. The van der Waals surface area contributed by atoms with Gasteiger partial charge in [0, 0.05) is 18.8 Å². The molecular weight excluding hydrogens is 356 g/mol. The van der Waals surface area contributed by atoms with Gasteiger partial charge in [0.25, 0.3) is 0 Å². The lowest BCUT2D eigenvalue weighted by Crippen LogP contribution is -2.55. The first kappa shape index (κ1) is 20.2. The molecule has 1 fully saturated rings. The van der Waals surface area contributed by atoms with Crippen LogP contribution in [-0.2, 0) is 6.42 Å². The van der Waals surface area contributed by atoms with Gasteiger partial charge in [0.2, 0.25) is 0 Å². The van der Waals surface area contributed by atoms with Crippen molar-refractivity contribution in [2.45, 2.75) is 50.8 Å². The molecule has 3 atom stereocenters. The number of rotatable bonds is 8. The highest BCUT2D eigenvalue weighted by Gasteiger charge is 2.41. The Bertz CT molecular complexity index is 814. The van der Waals surface area contributed by atoms with Crippen molar-refractivity contribution in [3.8, 4) is 0 Å². The first-order valence-electron chi connectivity index (χ1n) is 11.1. The van der Waals surface area contributed by atoms with Gasteiger partial charge in [-0.15, -0.1) is 6.58 Å². The summed E-state index contributed by atoms with van der Waals surface area (Å²) in [5.74, 6) is 0.417. The van der Waals surface area contributed by atoms with Crippen LogP contribution in [0.2, 0.25) is 0 Å². The van der Waals surface area contributed by atoms with Gasteiger partial charge in [0.15, 0.2) is 0 Å². The van der Waals surface area contributed by atoms with E-state index in [-0.39, 0.29) is 6.04 Å². The number of aliphatic hydroxyl groups is 1. The molecule has 2 aromatic carbocycles. The molecule has 0 spiro atoms. The van der Waals surface area contributed by atoms with E-state index < -0.39 is 5.72 Å². The normalized spacial score (nSPS) is 22.3. The molecule has 29 heavy (non-hydrogen) atoms. The molecule has 1 N–H and O–H groups in total. The first-order valence-corrected chi connectivity index (χ1v) is 11.1. The Balaban J connectivity index is 1.65. The van der Waals surface area contributed by atoms with Gasteiger partial charge in [-0.25, -0.2) is 0 Å². The quantitative estimate of drug-likeness (QED) is 0.629. The maximum Gasteiger partial charge on any atom is 0.136 e. The Kier molecular flexibility index (Phi) is 6.07. The lowest BCUT2D eigenvalue weighted by atomic mass is 9.96. The summed E-state index contributed by atoms with van der Waals surface area (Å²) in [6.07, 6.45) is 7.10. The van der Waals surface area contributed by atoms with Crippen LogP contribution in [0, 0.1) is 5.92 Å². The minimum absolute atomic E-state index is 0.277. The van der Waals surface area contributed by atoms with Crippen molar-refractivity contribution < 1.29 is 5.11 Å². The maximum absolute atomic E-state index is 12.0. The molecule has 3 nitrogen and oxygen atoms in total. The fraction of sp³-hybridized carbons (Fsp3) is 0.462. The summed E-state index contributed by atoms with van der Waals surface area (Å²) in [5.41, 5.74) is 3.17. The van der Waals surface area contributed by atoms with Crippen molar-refractivity contribution in [2.75, 3.05) is 24.5 Å². The van der Waals surface area contributed by atoms with Crippen LogP contribution < -0.4 is 4.90 Å². The fourth-order valence-corrected chi connectivity index (χ4v) is 4.94. The number of allylic oxidation sites excluding steroid dienone is 1. The number of benzene rings is 2. The fourth-order valence-electron chi connectivity index (χ4n) is 4.94. The SMILES string of the molecule is C=CC(C)CCC(O)(CN1c2ccccc2CC1c1ccccc1)N1CCCC1. The summed E-state index contributed by atoms with van der Waals surface area (Å²) in [6.45, 7) is 8.76. The van der Waals surface area contributed by atoms with Gasteiger partial charge in [0.1, 0.15) is 5.72 Å². The van der Waals surface area contributed by atoms with E-state index >= 15 is 0 Å². The summed E-state index contributed by atoms with van der Waals surface area (Å²) in [4.78, 5) is 4.79. The Morgan fingerprint density at radius 2 is 1.79 bits per heavy atom. The van der Waals surface area contributed by atoms with Crippen molar-refractivity contribution in [3.05, 3.63) is 78.4 Å². The van der Waals surface area contributed by atoms with Gasteiger partial charge in [-0.1, -0.05) is 61.5 Å². The highest BCUT2D eigenvalue weighted by Crippen LogP contribution is 2.42. The first-order chi connectivity index (χ1) is 14.1. The molecule has 154 valence electrons. The Labute approximate surface area is 175 Å². The largest absolute Gasteiger partial charge is 0.374 e. The summed E-state index contributed by atoms with van der Waals surface area (Å²) in [6, 6.07) is 19.7. The number of anilines is 1. The van der Waals surface area contributed by atoms with Crippen LogP contribution >= 0.6 is 0 Å². The summed E-state index contributed by atoms with van der Waals surface area (Å²) in [7, 11) is 0. The Morgan fingerprint density at radius 3 is 2.52 bits per heavy atom. The van der Waals surface area contributed by atoms with Crippen LogP contribution in [0.1, 0.15) is 49.8 Å². The number of hydrogen-bond acceptors (Lipinski definition) is 3. The van der Waals surface area contributed by atoms with E-state index in [2.05, 4.69) is 77.9 Å². The standard InChI is InChI=1S/C26H34N2O/c1-3-21(2)15-16-26(29,27-17-9-10-18-27)20-28-24-14-8-7-13-23(24)19-25(28)22-11-5-4-6-12-22/h3-8,11-14,21,25,29H,1,9-10,15-20H2,2H3. The van der Waals surface area contributed by atoms with Gasteiger partial charge in [-0.3, -0.25) is 4.90 Å². The van der Waals surface area contributed by atoms with Gasteiger partial charge in [-0.2, -0.15) is 0 Å². The summed E-state index contributed by atoms with van der Waals surface area (Å²) in [5, 5.41) is 12.0. The molecule has 3 heteroatoms. The molecule has 0 aromatic heterocycles. The lowest BCUT2D eigenvalue weighted by molar-refractivity contribution is -0.0992. The predicted octanol–water partition coefficient (Wildman–Crippen LogP) is 5.18. The molecule has 2 aliphatic rings. The van der Waals surface area contributed by atoms with E-state index in [1.165, 1.54) is 29.7 Å². The van der Waals surface area contributed by atoms with Crippen LogP contribution in [0.5, 0.6) is 0 Å². The van der Waals surface area contributed by atoms with Gasteiger partial charge < -0.3 is 10.0 Å². The Morgan fingerprint density at radius 1 is 1.10 bits per heavy atom. The number of hydrogen-bond donors (Lipinski definition) is 1. The molecule has 0 aliphatic carbocycles. The zero-order valence-corrected chi connectivity index (χ0v) is 17.6. The van der Waals surface area contributed by atoms with Crippen molar-refractivity contribution in [1.29, 1.82) is 0 Å². The lowest BCUT2D eigenvalue weighted by Gasteiger charge is -2.43. The number of fused-ring (bicyclic) bond motifs is 1. The van der Waals surface area contributed by atoms with Crippen molar-refractivity contribution in [3.63, 3.8) is 0 Å². The van der Waals surface area contributed by atoms with E-state index in [0.717, 1.165) is 32.4 Å². The predicted molar refractivity (Wildman–Crippen MR) is 121 cm³/mol. The minimum Gasteiger partial charge on any atom is -0.374 e. The molecule has 3 unspecified atom stereocenters. The third-order valence-electron chi connectivity index (χ3n) is 6.80. The second kappa shape index (κ2) is 8.73. The van der Waals surface area contributed by atoms with Crippen LogP contribution in [0.4, 0.5) is 5.69 Å². The van der Waals surface area contributed by atoms with E-state index in [4.69, 9.17) is 0 Å². The highest BCUT2D eigenvalue weighted by atomic mass is 16.3. The molecule has 4 rings (SSSR count). The van der Waals surface area contributed by atoms with Crippen molar-refractivity contribution >= 4 is 5.69 Å². The van der Waals surface area contributed by atoms with Gasteiger partial charge in [-0.05, 0) is 55.2 Å². The number of β-amino-alcohol motifs (C(OH)–C–C–N with tert-alkyl or cyclic N) is 1. The van der Waals surface area contributed by atoms with E-state index in [0.29, 0.717) is 12.5 Å². The third kappa shape index (κ3) is 4.26. The highest BCUT2D eigenvalue weighted by molar-refractivity contribution is 5.61. The Hall–Kier alpha value is -2.10. The van der Waals surface area contributed by atoms with Gasteiger partial charge in [0.05, 0.1) is 12.6 Å². The monoisotopic (exact) mass is 390 g/mol. The van der Waals surface area contributed by atoms with Crippen molar-refractivity contribution in [2.24, 2.45) is 5.92 Å². The zero-order chi connectivity index (χ0) is 20.3. The number of likely N-dealkylation sites (tertiary alicyclic amines) is 1. The molecule has 0 bridgehead atoms. The third-order valence-corrected chi connectivity index (χ3v) is 6.80. The molecule has 0 saturated carbocycles. The van der Waals surface area contributed by atoms with Crippen LogP contribution in [-0.4, -0.2) is 35.4 Å². The summed E-state index contributed by atoms with van der Waals surface area (Å²) >= 11 is 0. The number of para-hydroxylation sites is 1. The van der Waals surface area contributed by atoms with Crippen LogP contribution in [0.25, 0.3) is 0 Å². The topological polar surface area (TPSA) is 26.7 Å². The summed E-state index contributed by atoms with van der Waals surface area (Å²) < 4.78 is 0. The molecule has 2 aliphatic heterocycles. The average Bonchev–Trinajstić information content (AvgIpc) is 3.42. The molecule has 2 aromatic rings.